The highest BCUT2D eigenvalue weighted by Gasteiger charge is 2.20. The van der Waals surface area contributed by atoms with Crippen molar-refractivity contribution in [3.8, 4) is 5.75 Å². The van der Waals surface area contributed by atoms with Crippen LogP contribution in [0.5, 0.6) is 5.75 Å². The molecule has 1 amide bonds. The van der Waals surface area contributed by atoms with Gasteiger partial charge in [-0.2, -0.15) is 0 Å². The Balaban J connectivity index is 1.88. The number of pyridine rings is 1. The third-order valence-corrected chi connectivity index (χ3v) is 3.26. The standard InChI is InChI=1S/C15H14N2O3/c18-14-9-11(5-6-16-14)15(19)17-7-8-20-13-4-2-1-3-12(13)10-17/h1-6,9H,7-8,10H2,(H,16,18). The van der Waals surface area contributed by atoms with E-state index in [2.05, 4.69) is 4.98 Å². The van der Waals surface area contributed by atoms with Crippen LogP contribution in [0.25, 0.3) is 0 Å². The molecule has 3 rings (SSSR count). The topological polar surface area (TPSA) is 62.4 Å². The van der Waals surface area contributed by atoms with Gasteiger partial charge in [-0.25, -0.2) is 0 Å². The molecule has 5 nitrogen and oxygen atoms in total. The predicted molar refractivity (Wildman–Crippen MR) is 73.7 cm³/mol. The lowest BCUT2D eigenvalue weighted by molar-refractivity contribution is 0.0733. The number of H-pyrrole nitrogens is 1. The van der Waals surface area contributed by atoms with Crippen LogP contribution in [0.4, 0.5) is 0 Å². The number of nitrogens with one attached hydrogen (secondary N) is 1. The molecule has 0 saturated heterocycles. The molecule has 2 aromatic rings. The van der Waals surface area contributed by atoms with Crippen molar-refractivity contribution in [3.05, 3.63) is 64.1 Å². The van der Waals surface area contributed by atoms with E-state index in [4.69, 9.17) is 4.74 Å². The van der Waals surface area contributed by atoms with Crippen molar-refractivity contribution >= 4 is 5.91 Å². The number of rotatable bonds is 1. The van der Waals surface area contributed by atoms with Gasteiger partial charge in [-0.1, -0.05) is 18.2 Å². The zero-order valence-corrected chi connectivity index (χ0v) is 10.8. The second-order valence-electron chi connectivity index (χ2n) is 4.62. The van der Waals surface area contributed by atoms with Crippen LogP contribution in [-0.4, -0.2) is 28.9 Å². The number of carbonyl (C=O) groups is 1. The van der Waals surface area contributed by atoms with E-state index in [1.165, 1.54) is 12.3 Å². The Labute approximate surface area is 115 Å². The lowest BCUT2D eigenvalue weighted by Gasteiger charge is -2.19. The first-order valence-corrected chi connectivity index (χ1v) is 6.43. The summed E-state index contributed by atoms with van der Waals surface area (Å²) in [4.78, 5) is 27.9. The number of aromatic amines is 1. The molecule has 0 spiro atoms. The van der Waals surface area contributed by atoms with E-state index in [1.54, 1.807) is 11.0 Å². The molecule has 20 heavy (non-hydrogen) atoms. The van der Waals surface area contributed by atoms with Crippen molar-refractivity contribution in [2.45, 2.75) is 6.54 Å². The van der Waals surface area contributed by atoms with E-state index in [9.17, 15) is 9.59 Å². The Bertz CT molecular complexity index is 693. The number of hydrogen-bond donors (Lipinski definition) is 1. The van der Waals surface area contributed by atoms with E-state index in [1.807, 2.05) is 24.3 Å². The van der Waals surface area contributed by atoms with Crippen LogP contribution in [0.2, 0.25) is 0 Å². The van der Waals surface area contributed by atoms with Crippen LogP contribution in [0.1, 0.15) is 15.9 Å². The van der Waals surface area contributed by atoms with Crippen molar-refractivity contribution in [1.82, 2.24) is 9.88 Å². The first kappa shape index (κ1) is 12.5. The Kier molecular flexibility index (Phi) is 3.25. The van der Waals surface area contributed by atoms with E-state index in [0.717, 1.165) is 11.3 Å². The second-order valence-corrected chi connectivity index (χ2v) is 4.62. The lowest BCUT2D eigenvalue weighted by Crippen LogP contribution is -2.33. The van der Waals surface area contributed by atoms with Gasteiger partial charge in [-0.05, 0) is 12.1 Å². The Morgan fingerprint density at radius 3 is 2.95 bits per heavy atom. The third kappa shape index (κ3) is 2.42. The fourth-order valence-corrected chi connectivity index (χ4v) is 2.26. The van der Waals surface area contributed by atoms with Gasteiger partial charge in [0.25, 0.3) is 5.91 Å². The van der Waals surface area contributed by atoms with Gasteiger partial charge in [-0.15, -0.1) is 0 Å². The number of fused-ring (bicyclic) bond motifs is 1. The number of carbonyl (C=O) groups excluding carboxylic acids is 1. The maximum absolute atomic E-state index is 12.4. The number of nitrogens with zero attached hydrogens (tertiary/aromatic N) is 1. The molecule has 5 heteroatoms. The summed E-state index contributed by atoms with van der Waals surface area (Å²) in [5.41, 5.74) is 1.10. The molecule has 1 aliphatic rings. The van der Waals surface area contributed by atoms with Gasteiger partial charge < -0.3 is 14.6 Å². The first-order chi connectivity index (χ1) is 9.74. The predicted octanol–water partition coefficient (Wildman–Crippen LogP) is 1.41. The molecule has 1 aromatic carbocycles. The van der Waals surface area contributed by atoms with Crippen LogP contribution in [0, 0.1) is 0 Å². The monoisotopic (exact) mass is 270 g/mol. The maximum atomic E-state index is 12.4. The quantitative estimate of drug-likeness (QED) is 0.852. The highest BCUT2D eigenvalue weighted by atomic mass is 16.5. The van der Waals surface area contributed by atoms with Gasteiger partial charge >= 0.3 is 0 Å². The van der Waals surface area contributed by atoms with Crippen molar-refractivity contribution in [3.63, 3.8) is 0 Å². The van der Waals surface area contributed by atoms with Gasteiger partial charge in [0, 0.05) is 29.9 Å². The average molecular weight is 270 g/mol. The van der Waals surface area contributed by atoms with E-state index in [-0.39, 0.29) is 11.5 Å². The SMILES string of the molecule is O=C(c1cc[nH]c(=O)c1)N1CCOc2ccccc2C1. The van der Waals surface area contributed by atoms with Crippen LogP contribution >= 0.6 is 0 Å². The Morgan fingerprint density at radius 2 is 2.10 bits per heavy atom. The third-order valence-electron chi connectivity index (χ3n) is 3.26. The summed E-state index contributed by atoms with van der Waals surface area (Å²) >= 11 is 0. The molecule has 0 saturated carbocycles. The number of hydrogen-bond acceptors (Lipinski definition) is 3. The zero-order chi connectivity index (χ0) is 13.9. The maximum Gasteiger partial charge on any atom is 0.254 e. The normalized spacial score (nSPS) is 14.1. The van der Waals surface area contributed by atoms with Crippen LogP contribution in [0.3, 0.4) is 0 Å². The fraction of sp³-hybridized carbons (Fsp3) is 0.200. The highest BCUT2D eigenvalue weighted by molar-refractivity contribution is 5.94. The van der Waals surface area contributed by atoms with Crippen molar-refractivity contribution in [2.75, 3.05) is 13.2 Å². The average Bonchev–Trinajstić information content (AvgIpc) is 2.68. The number of ether oxygens (including phenoxy) is 1. The molecule has 0 fully saturated rings. The van der Waals surface area contributed by atoms with Crippen LogP contribution in [0.15, 0.2) is 47.4 Å². The molecule has 0 bridgehead atoms. The van der Waals surface area contributed by atoms with Gasteiger partial charge in [0.05, 0.1) is 6.54 Å². The first-order valence-electron chi connectivity index (χ1n) is 6.43. The molecule has 0 aliphatic carbocycles. The minimum absolute atomic E-state index is 0.156. The summed E-state index contributed by atoms with van der Waals surface area (Å²) in [7, 11) is 0. The van der Waals surface area contributed by atoms with E-state index in [0.29, 0.717) is 25.3 Å². The van der Waals surface area contributed by atoms with Crippen molar-refractivity contribution < 1.29 is 9.53 Å². The summed E-state index contributed by atoms with van der Waals surface area (Å²) in [6.45, 7) is 1.44. The zero-order valence-electron chi connectivity index (χ0n) is 10.8. The van der Waals surface area contributed by atoms with Gasteiger partial charge in [0.2, 0.25) is 5.56 Å². The largest absolute Gasteiger partial charge is 0.491 e. The fourth-order valence-electron chi connectivity index (χ4n) is 2.26. The van der Waals surface area contributed by atoms with Crippen LogP contribution in [-0.2, 0) is 6.54 Å². The minimum Gasteiger partial charge on any atom is -0.491 e. The smallest absolute Gasteiger partial charge is 0.254 e. The Hall–Kier alpha value is -2.56. The van der Waals surface area contributed by atoms with E-state index >= 15 is 0 Å². The van der Waals surface area contributed by atoms with Gasteiger partial charge in [-0.3, -0.25) is 9.59 Å². The molecular weight excluding hydrogens is 256 g/mol. The number of para-hydroxylation sites is 1. The van der Waals surface area contributed by atoms with Gasteiger partial charge in [0.15, 0.2) is 0 Å². The lowest BCUT2D eigenvalue weighted by atomic mass is 10.1. The summed E-state index contributed by atoms with van der Waals surface area (Å²) in [5.74, 6) is 0.658. The number of benzene rings is 1. The summed E-state index contributed by atoms with van der Waals surface area (Å²) < 4.78 is 5.63. The Morgan fingerprint density at radius 1 is 1.25 bits per heavy atom. The number of aromatic nitrogens is 1. The molecule has 0 radical (unpaired) electrons. The highest BCUT2D eigenvalue weighted by Crippen LogP contribution is 2.23. The second kappa shape index (κ2) is 5.21. The van der Waals surface area contributed by atoms with Crippen LogP contribution < -0.4 is 10.3 Å². The molecule has 0 unspecified atom stereocenters. The summed E-state index contributed by atoms with van der Waals surface area (Å²) in [6, 6.07) is 10.6. The van der Waals surface area contributed by atoms with Crippen molar-refractivity contribution in [2.24, 2.45) is 0 Å². The molecule has 0 atom stereocenters. The van der Waals surface area contributed by atoms with E-state index < -0.39 is 0 Å². The summed E-state index contributed by atoms with van der Waals surface area (Å²) in [6.07, 6.45) is 1.48. The number of amides is 1. The molecule has 102 valence electrons. The van der Waals surface area contributed by atoms with Crippen molar-refractivity contribution in [1.29, 1.82) is 0 Å². The molecule has 2 heterocycles. The molecule has 1 aliphatic heterocycles. The molecular formula is C15H14N2O3. The molecule has 1 N–H and O–H groups in total. The molecule has 1 aromatic heterocycles. The van der Waals surface area contributed by atoms with Gasteiger partial charge in [0.1, 0.15) is 12.4 Å². The summed E-state index contributed by atoms with van der Waals surface area (Å²) in [5, 5.41) is 0. The minimum atomic E-state index is -0.276.